The molecule has 1 aromatic carbocycles. The van der Waals surface area contributed by atoms with Gasteiger partial charge in [0.1, 0.15) is 0 Å². The van der Waals surface area contributed by atoms with Gasteiger partial charge in [-0.05, 0) is 43.2 Å². The molecule has 0 saturated carbocycles. The molecule has 2 unspecified atom stereocenters. The molecule has 1 saturated heterocycles. The van der Waals surface area contributed by atoms with Crippen molar-refractivity contribution in [2.75, 3.05) is 19.3 Å². The summed E-state index contributed by atoms with van der Waals surface area (Å²) in [6.45, 7) is 4.39. The summed E-state index contributed by atoms with van der Waals surface area (Å²) in [5, 5.41) is 0. The average Bonchev–Trinajstić information content (AvgIpc) is 2.54. The molecule has 0 radical (unpaired) electrons. The molecule has 2 rings (SSSR count). The summed E-state index contributed by atoms with van der Waals surface area (Å²) in [7, 11) is -2.79. The Balaban J connectivity index is 2.19. The third-order valence-electron chi connectivity index (χ3n) is 3.77. The van der Waals surface area contributed by atoms with Crippen LogP contribution in [0.5, 0.6) is 0 Å². The minimum Gasteiger partial charge on any atom is -0.338 e. The van der Waals surface area contributed by atoms with Crippen molar-refractivity contribution < 1.29 is 13.8 Å². The zero-order valence-corrected chi connectivity index (χ0v) is 15.3. The topological polar surface area (TPSA) is 66.8 Å². The van der Waals surface area contributed by atoms with Crippen LogP contribution in [0, 0.1) is 5.92 Å². The quantitative estimate of drug-likeness (QED) is 0.735. The largest absolute Gasteiger partial charge is 0.338 e. The lowest BCUT2D eigenvalue weighted by Crippen LogP contribution is -2.41. The minimum absolute atomic E-state index is 0.187. The number of likely N-dealkylation sites (tertiary alicyclic amines) is 1. The second-order valence-electron chi connectivity index (χ2n) is 5.51. The third kappa shape index (κ3) is 4.51. The molecular weight excluding hydrogens is 380 g/mol. The second-order valence-corrected chi connectivity index (χ2v) is 8.69. The van der Waals surface area contributed by atoms with E-state index in [-0.39, 0.29) is 5.91 Å². The predicted octanol–water partition coefficient (Wildman–Crippen LogP) is 2.86. The highest BCUT2D eigenvalue weighted by molar-refractivity contribution is 9.10. The Labute approximate surface area is 145 Å². The van der Waals surface area contributed by atoms with E-state index in [4.69, 9.17) is 0 Å². The van der Waals surface area contributed by atoms with Crippen LogP contribution in [0.25, 0.3) is 0 Å². The van der Waals surface area contributed by atoms with E-state index in [2.05, 4.69) is 26.9 Å². The minimum atomic E-state index is -2.79. The summed E-state index contributed by atoms with van der Waals surface area (Å²) >= 11 is 3.32. The highest BCUT2D eigenvalue weighted by atomic mass is 79.9. The van der Waals surface area contributed by atoms with E-state index < -0.39 is 21.6 Å². The van der Waals surface area contributed by atoms with Crippen LogP contribution in [0.15, 0.2) is 50.7 Å². The van der Waals surface area contributed by atoms with Gasteiger partial charge in [-0.3, -0.25) is 9.59 Å². The Morgan fingerprint density at radius 1 is 1.39 bits per heavy atom. The maximum Gasteiger partial charge on any atom is 0.258 e. The van der Waals surface area contributed by atoms with Crippen molar-refractivity contribution in [2.24, 2.45) is 10.3 Å². The number of piperidine rings is 1. The van der Waals surface area contributed by atoms with Crippen molar-refractivity contribution in [3.63, 3.8) is 0 Å². The maximum absolute atomic E-state index is 12.7. The van der Waals surface area contributed by atoms with Gasteiger partial charge in [0.15, 0.2) is 0 Å². The fourth-order valence-electron chi connectivity index (χ4n) is 2.49. The second kappa shape index (κ2) is 7.40. The van der Waals surface area contributed by atoms with Crippen molar-refractivity contribution in [3.05, 3.63) is 41.4 Å². The molecule has 1 fully saturated rings. The fourth-order valence-corrected chi connectivity index (χ4v) is 4.00. The number of rotatable bonds is 3. The molecule has 5 nitrogen and oxygen atoms in total. The van der Waals surface area contributed by atoms with Crippen molar-refractivity contribution in [2.45, 2.75) is 17.7 Å². The lowest BCUT2D eigenvalue weighted by atomic mass is 9.97. The Kier molecular flexibility index (Phi) is 5.75. The summed E-state index contributed by atoms with van der Waals surface area (Å²) < 4.78 is 17.6. The Morgan fingerprint density at radius 2 is 2.04 bits per heavy atom. The molecule has 1 aromatic rings. The highest BCUT2D eigenvalue weighted by Crippen LogP contribution is 2.21. The first kappa shape index (κ1) is 17.9. The molecule has 0 aromatic heterocycles. The van der Waals surface area contributed by atoms with Crippen LogP contribution in [-0.2, 0) is 19.3 Å². The van der Waals surface area contributed by atoms with Crippen LogP contribution in [0.4, 0.5) is 0 Å². The number of hydrogen-bond donors (Lipinski definition) is 0. The Bertz CT molecular complexity index is 736. The van der Waals surface area contributed by atoms with Crippen LogP contribution >= 0.6 is 15.9 Å². The van der Waals surface area contributed by atoms with Crippen LogP contribution in [0.3, 0.4) is 0 Å². The van der Waals surface area contributed by atoms with Crippen LogP contribution in [-0.4, -0.2) is 40.3 Å². The van der Waals surface area contributed by atoms with Gasteiger partial charge in [-0.25, -0.2) is 4.21 Å². The Morgan fingerprint density at radius 3 is 2.65 bits per heavy atom. The summed E-state index contributed by atoms with van der Waals surface area (Å²) in [6.07, 6.45) is 4.09. The van der Waals surface area contributed by atoms with E-state index in [0.29, 0.717) is 24.4 Å². The third-order valence-corrected chi connectivity index (χ3v) is 5.98. The van der Waals surface area contributed by atoms with Gasteiger partial charge in [-0.2, -0.15) is 4.36 Å². The lowest BCUT2D eigenvalue weighted by molar-refractivity contribution is -0.130. The van der Waals surface area contributed by atoms with E-state index in [9.17, 15) is 13.8 Å². The first-order chi connectivity index (χ1) is 10.8. The molecule has 2 amide bonds. The van der Waals surface area contributed by atoms with Gasteiger partial charge in [0.05, 0.1) is 15.6 Å². The van der Waals surface area contributed by atoms with Crippen molar-refractivity contribution in [1.82, 2.24) is 4.90 Å². The summed E-state index contributed by atoms with van der Waals surface area (Å²) in [6, 6.07) is 6.92. The Hall–Kier alpha value is -1.47. The van der Waals surface area contributed by atoms with Gasteiger partial charge in [0.2, 0.25) is 5.91 Å². The average molecular weight is 399 g/mol. The molecule has 0 N–H and O–H groups in total. The van der Waals surface area contributed by atoms with E-state index in [1.165, 1.54) is 12.3 Å². The van der Waals surface area contributed by atoms with E-state index in [1.54, 1.807) is 29.2 Å². The zero-order valence-electron chi connectivity index (χ0n) is 12.9. The normalized spacial score (nSPS) is 20.4. The molecule has 0 aliphatic carbocycles. The number of carbonyl (C=O) groups is 2. The van der Waals surface area contributed by atoms with Crippen molar-refractivity contribution >= 4 is 37.5 Å². The van der Waals surface area contributed by atoms with E-state index >= 15 is 0 Å². The predicted molar refractivity (Wildman–Crippen MR) is 93.4 cm³/mol. The summed E-state index contributed by atoms with van der Waals surface area (Å²) in [4.78, 5) is 26.2. The van der Waals surface area contributed by atoms with E-state index in [0.717, 1.165) is 10.9 Å². The zero-order chi connectivity index (χ0) is 17.0. The monoisotopic (exact) mass is 398 g/mol. The molecule has 1 aliphatic heterocycles. The maximum atomic E-state index is 12.7. The van der Waals surface area contributed by atoms with Crippen molar-refractivity contribution in [3.8, 4) is 0 Å². The number of halogens is 1. The molecule has 124 valence electrons. The van der Waals surface area contributed by atoms with Gasteiger partial charge in [0.25, 0.3) is 5.91 Å². The fraction of sp³-hybridized carbons (Fsp3) is 0.375. The molecule has 1 heterocycles. The smallest absolute Gasteiger partial charge is 0.258 e. The first-order valence-corrected chi connectivity index (χ1v) is 9.98. The molecule has 2 atom stereocenters. The molecule has 23 heavy (non-hydrogen) atoms. The van der Waals surface area contributed by atoms with Crippen molar-refractivity contribution in [1.29, 1.82) is 0 Å². The summed E-state index contributed by atoms with van der Waals surface area (Å²) in [5.74, 6) is -0.988. The van der Waals surface area contributed by atoms with Crippen LogP contribution < -0.4 is 0 Å². The standard InChI is InChI=1S/C16H19BrN2O3S/c1-3-15(20)19-10-4-5-12(11-19)16(21)18-23(2,22)14-8-6-13(17)7-9-14/h3,6-9,12H,1,4-5,10-11H2,2H3. The number of hydrogen-bond acceptors (Lipinski definition) is 3. The highest BCUT2D eigenvalue weighted by Gasteiger charge is 2.28. The van der Waals surface area contributed by atoms with Gasteiger partial charge >= 0.3 is 0 Å². The molecule has 1 aliphatic rings. The molecule has 0 spiro atoms. The summed E-state index contributed by atoms with van der Waals surface area (Å²) in [5.41, 5.74) is 0. The first-order valence-electron chi connectivity index (χ1n) is 7.26. The molecular formula is C16H19BrN2O3S. The van der Waals surface area contributed by atoms with Crippen LogP contribution in [0.1, 0.15) is 12.8 Å². The van der Waals surface area contributed by atoms with Gasteiger partial charge in [0, 0.05) is 28.7 Å². The number of benzene rings is 1. The molecule has 7 heteroatoms. The van der Waals surface area contributed by atoms with Gasteiger partial charge < -0.3 is 4.90 Å². The van der Waals surface area contributed by atoms with Gasteiger partial charge in [-0.1, -0.05) is 22.5 Å². The lowest BCUT2D eigenvalue weighted by Gasteiger charge is -2.30. The van der Waals surface area contributed by atoms with Crippen LogP contribution in [0.2, 0.25) is 0 Å². The SMILES string of the molecule is C=CC(=O)N1CCCC(C(=O)N=S(C)(=O)c2ccc(Br)cc2)C1. The molecule has 0 bridgehead atoms. The number of nitrogens with zero attached hydrogens (tertiary/aromatic N) is 2. The number of carbonyl (C=O) groups excluding carboxylic acids is 2. The van der Waals surface area contributed by atoms with Gasteiger partial charge in [-0.15, -0.1) is 0 Å². The number of amides is 2. The van der Waals surface area contributed by atoms with E-state index in [1.807, 2.05) is 0 Å².